The van der Waals surface area contributed by atoms with Gasteiger partial charge in [0.15, 0.2) is 0 Å². The number of phenols is 1. The van der Waals surface area contributed by atoms with Crippen LogP contribution in [0, 0.1) is 56.7 Å². The Bertz CT molecular complexity index is 1230. The second kappa shape index (κ2) is 9.11. The van der Waals surface area contributed by atoms with Gasteiger partial charge in [0.25, 0.3) is 0 Å². The van der Waals surface area contributed by atoms with Crippen molar-refractivity contribution in [2.75, 3.05) is 0 Å². The molecule has 3 nitrogen and oxygen atoms in total. The zero-order chi connectivity index (χ0) is 28.9. The van der Waals surface area contributed by atoms with E-state index < -0.39 is 5.97 Å². The molecule has 0 aliphatic heterocycles. The molecule has 6 rings (SSSR count). The Labute approximate surface area is 243 Å². The zero-order valence-corrected chi connectivity index (χ0v) is 26.3. The summed E-state index contributed by atoms with van der Waals surface area (Å²) < 4.78 is 0. The monoisotopic (exact) mass is 546 g/mol. The molecule has 1 aromatic rings. The molecule has 0 bridgehead atoms. The van der Waals surface area contributed by atoms with E-state index in [4.69, 9.17) is 0 Å². The van der Waals surface area contributed by atoms with Crippen molar-refractivity contribution in [2.24, 2.45) is 56.7 Å². The van der Waals surface area contributed by atoms with Gasteiger partial charge in [-0.2, -0.15) is 0 Å². The van der Waals surface area contributed by atoms with E-state index in [1.807, 2.05) is 0 Å². The quantitative estimate of drug-likeness (QED) is 0.358. The molecule has 40 heavy (non-hydrogen) atoms. The van der Waals surface area contributed by atoms with Crippen LogP contribution in [0.3, 0.4) is 0 Å². The minimum atomic E-state index is -0.885. The Balaban J connectivity index is 1.39. The minimum Gasteiger partial charge on any atom is -0.508 e. The highest BCUT2D eigenvalue weighted by molar-refractivity contribution is 5.96. The maximum absolute atomic E-state index is 12.4. The van der Waals surface area contributed by atoms with Crippen molar-refractivity contribution < 1.29 is 15.0 Å². The number of aromatic hydroxyl groups is 1. The van der Waals surface area contributed by atoms with Gasteiger partial charge in [-0.25, -0.2) is 4.79 Å². The van der Waals surface area contributed by atoms with Gasteiger partial charge in [0.1, 0.15) is 5.75 Å². The summed E-state index contributed by atoms with van der Waals surface area (Å²) >= 11 is 0. The molecule has 0 radical (unpaired) electrons. The van der Waals surface area contributed by atoms with Crippen molar-refractivity contribution in [1.29, 1.82) is 0 Å². The van der Waals surface area contributed by atoms with E-state index in [0.29, 0.717) is 28.2 Å². The molecule has 4 saturated carbocycles. The molecule has 8 atom stereocenters. The summed E-state index contributed by atoms with van der Waals surface area (Å²) in [6, 6.07) is 4.92. The maximum Gasteiger partial charge on any atom is 0.336 e. The molecule has 0 aromatic heterocycles. The van der Waals surface area contributed by atoms with Crippen LogP contribution in [0.25, 0.3) is 5.57 Å². The Morgan fingerprint density at radius 2 is 1.68 bits per heavy atom. The highest BCUT2D eigenvalue weighted by atomic mass is 16.4. The van der Waals surface area contributed by atoms with E-state index in [1.165, 1.54) is 75.8 Å². The topological polar surface area (TPSA) is 57.5 Å². The molecule has 5 aliphatic carbocycles. The SMILES string of the molecule is CC(C)CCC[C@@H](C)[C@H]1CC[C@@]2(C)[C@@H]3CC[C@H]4C(C)(C)CC=C(c5cc(O)ccc5C(=O)O)[C@@]45C[C@@]35CC[C@]12C. The zero-order valence-electron chi connectivity index (χ0n) is 26.3. The number of carbonyl (C=O) groups is 1. The number of aromatic carboxylic acids is 1. The Morgan fingerprint density at radius 3 is 2.38 bits per heavy atom. The van der Waals surface area contributed by atoms with Gasteiger partial charge in [0.05, 0.1) is 5.56 Å². The molecule has 0 unspecified atom stereocenters. The van der Waals surface area contributed by atoms with Crippen LogP contribution in [-0.4, -0.2) is 16.2 Å². The number of carboxylic acid groups (broad SMARTS) is 1. The molecule has 0 amide bonds. The summed E-state index contributed by atoms with van der Waals surface area (Å²) in [6.07, 6.45) is 16.6. The number of allylic oxidation sites excluding steroid dienone is 2. The lowest BCUT2D eigenvalue weighted by Crippen LogP contribution is -2.56. The third-order valence-electron chi connectivity index (χ3n) is 14.2. The molecule has 2 spiro atoms. The fraction of sp³-hybridized carbons (Fsp3) is 0.757. The van der Waals surface area contributed by atoms with E-state index in [0.717, 1.165) is 29.7 Å². The van der Waals surface area contributed by atoms with Crippen LogP contribution < -0.4 is 0 Å². The van der Waals surface area contributed by atoms with Gasteiger partial charge >= 0.3 is 5.97 Å². The molecule has 0 saturated heterocycles. The molecule has 5 aliphatic rings. The van der Waals surface area contributed by atoms with Gasteiger partial charge in [-0.15, -0.1) is 0 Å². The Morgan fingerprint density at radius 1 is 0.950 bits per heavy atom. The maximum atomic E-state index is 12.4. The van der Waals surface area contributed by atoms with E-state index in [2.05, 4.69) is 54.5 Å². The largest absolute Gasteiger partial charge is 0.508 e. The molecule has 3 heteroatoms. The second-order valence-corrected chi connectivity index (χ2v) is 16.6. The first kappa shape index (κ1) is 28.4. The van der Waals surface area contributed by atoms with Gasteiger partial charge in [0.2, 0.25) is 0 Å². The predicted octanol–water partition coefficient (Wildman–Crippen LogP) is 9.99. The molecule has 4 fully saturated rings. The third kappa shape index (κ3) is 3.63. The molecule has 2 N–H and O–H groups in total. The van der Waals surface area contributed by atoms with Crippen molar-refractivity contribution in [3.8, 4) is 5.75 Å². The van der Waals surface area contributed by atoms with Gasteiger partial charge in [0, 0.05) is 5.41 Å². The molecular weight excluding hydrogens is 492 g/mol. The smallest absolute Gasteiger partial charge is 0.336 e. The summed E-state index contributed by atoms with van der Waals surface area (Å²) in [6.45, 7) is 17.5. The summed E-state index contributed by atoms with van der Waals surface area (Å²) in [7, 11) is 0. The van der Waals surface area contributed by atoms with Crippen molar-refractivity contribution in [3.63, 3.8) is 0 Å². The number of hydrogen-bond donors (Lipinski definition) is 2. The third-order valence-corrected chi connectivity index (χ3v) is 14.2. The van der Waals surface area contributed by atoms with Crippen molar-refractivity contribution >= 4 is 11.5 Å². The number of rotatable bonds is 7. The second-order valence-electron chi connectivity index (χ2n) is 16.6. The number of carboxylic acids is 1. The van der Waals surface area contributed by atoms with Gasteiger partial charge in [-0.05, 0) is 132 Å². The summed E-state index contributed by atoms with van der Waals surface area (Å²) in [5.41, 5.74) is 3.66. The first-order valence-electron chi connectivity index (χ1n) is 16.5. The number of phenolic OH excluding ortho intramolecular Hbond substituents is 1. The Hall–Kier alpha value is -1.77. The fourth-order valence-electron chi connectivity index (χ4n) is 12.2. The van der Waals surface area contributed by atoms with Crippen LogP contribution in [-0.2, 0) is 0 Å². The standard InChI is InChI=1S/C37H54O3/c1-23(2)9-8-10-24(3)28-16-18-35(7)31-14-13-30-33(4,5)17-15-29(27-21-25(38)11-12-26(27)32(39)40)37(30)22-36(31,37)20-19-34(28,35)6/h11-12,15,21,23-24,28,30-31,38H,8-10,13-14,16-20,22H2,1-7H3,(H,39,40)/t24-,28-,30+,31+,34-,35+,36+,37+/m1/s1. The van der Waals surface area contributed by atoms with Crippen molar-refractivity contribution in [1.82, 2.24) is 0 Å². The average Bonchev–Trinajstić information content (AvgIpc) is 3.46. The lowest BCUT2D eigenvalue weighted by molar-refractivity contribution is -0.125. The summed E-state index contributed by atoms with van der Waals surface area (Å²) in [5.74, 6) is 2.96. The van der Waals surface area contributed by atoms with E-state index in [9.17, 15) is 15.0 Å². The van der Waals surface area contributed by atoms with Crippen LogP contribution in [0.4, 0.5) is 0 Å². The van der Waals surface area contributed by atoms with Crippen LogP contribution in [0.15, 0.2) is 24.3 Å². The molecule has 220 valence electrons. The Kier molecular flexibility index (Phi) is 6.46. The van der Waals surface area contributed by atoms with Crippen LogP contribution in [0.1, 0.15) is 135 Å². The van der Waals surface area contributed by atoms with E-state index in [-0.39, 0.29) is 22.0 Å². The van der Waals surface area contributed by atoms with E-state index in [1.54, 1.807) is 12.1 Å². The van der Waals surface area contributed by atoms with Crippen molar-refractivity contribution in [2.45, 2.75) is 119 Å². The minimum absolute atomic E-state index is 0.0426. The van der Waals surface area contributed by atoms with Gasteiger partial charge in [-0.3, -0.25) is 0 Å². The molecule has 0 heterocycles. The lowest BCUT2D eigenvalue weighted by Gasteiger charge is -2.63. The predicted molar refractivity (Wildman–Crippen MR) is 163 cm³/mol. The van der Waals surface area contributed by atoms with Crippen LogP contribution in [0.5, 0.6) is 5.75 Å². The molecule has 1 aromatic carbocycles. The first-order chi connectivity index (χ1) is 18.7. The normalized spacial score (nSPS) is 41.8. The van der Waals surface area contributed by atoms with Gasteiger partial charge in [-0.1, -0.05) is 73.8 Å². The lowest BCUT2D eigenvalue weighted by atomic mass is 9.41. The highest BCUT2D eigenvalue weighted by Crippen LogP contribution is 2.90. The van der Waals surface area contributed by atoms with Crippen LogP contribution >= 0.6 is 0 Å². The van der Waals surface area contributed by atoms with E-state index >= 15 is 0 Å². The number of fused-ring (bicyclic) bond motifs is 2. The average molecular weight is 547 g/mol. The highest BCUT2D eigenvalue weighted by Gasteiger charge is 2.82. The van der Waals surface area contributed by atoms with Crippen molar-refractivity contribution in [3.05, 3.63) is 35.4 Å². The summed E-state index contributed by atoms with van der Waals surface area (Å²) in [4.78, 5) is 12.4. The van der Waals surface area contributed by atoms with Gasteiger partial charge < -0.3 is 10.2 Å². The number of benzene rings is 1. The van der Waals surface area contributed by atoms with Crippen LogP contribution in [0.2, 0.25) is 0 Å². The molecular formula is C37H54O3. The number of hydrogen-bond acceptors (Lipinski definition) is 2. The fourth-order valence-corrected chi connectivity index (χ4v) is 12.2. The summed E-state index contributed by atoms with van der Waals surface area (Å²) in [5, 5.41) is 20.7. The first-order valence-corrected chi connectivity index (χ1v) is 16.5.